The van der Waals surface area contributed by atoms with Crippen molar-refractivity contribution in [2.45, 2.75) is 12.3 Å². The average molecular weight is 307 g/mol. The summed E-state index contributed by atoms with van der Waals surface area (Å²) in [6.45, 7) is -0.0531. The Bertz CT molecular complexity index is 533. The second-order valence-corrected chi connectivity index (χ2v) is 4.59. The Morgan fingerprint density at radius 2 is 2.14 bits per heavy atom. The first-order chi connectivity index (χ1) is 9.84. The fraction of sp³-hybridized carbons (Fsp3) is 0.462. The normalized spacial score (nSPS) is 19.7. The molecule has 1 aliphatic rings. The first-order valence-corrected chi connectivity index (χ1v) is 6.22. The van der Waals surface area contributed by atoms with Crippen LogP contribution in [0.1, 0.15) is 15.9 Å². The number of halogens is 4. The lowest BCUT2D eigenvalue weighted by molar-refractivity contribution is -0.140. The Labute approximate surface area is 117 Å². The topological polar surface area (TPSA) is 49.8 Å². The molecule has 1 atom stereocenters. The molecule has 8 heteroatoms. The summed E-state index contributed by atoms with van der Waals surface area (Å²) in [6, 6.07) is 2.58. The number of hydrogen-bond donors (Lipinski definition) is 1. The Hall–Kier alpha value is -1.67. The van der Waals surface area contributed by atoms with Gasteiger partial charge < -0.3 is 14.7 Å². The van der Waals surface area contributed by atoms with Crippen molar-refractivity contribution >= 4 is 5.91 Å². The van der Waals surface area contributed by atoms with Crippen LogP contribution in [0.5, 0.6) is 0 Å². The van der Waals surface area contributed by atoms with Crippen molar-refractivity contribution in [3.8, 4) is 0 Å². The summed E-state index contributed by atoms with van der Waals surface area (Å²) in [5.74, 6) is -2.43. The van der Waals surface area contributed by atoms with Gasteiger partial charge in [0, 0.05) is 13.1 Å². The molecular formula is C13H13F4NO3. The van der Waals surface area contributed by atoms with Gasteiger partial charge in [-0.2, -0.15) is 13.2 Å². The van der Waals surface area contributed by atoms with E-state index in [0.29, 0.717) is 6.07 Å². The summed E-state index contributed by atoms with van der Waals surface area (Å²) in [4.78, 5) is 13.3. The van der Waals surface area contributed by atoms with Gasteiger partial charge >= 0.3 is 6.18 Å². The lowest BCUT2D eigenvalue weighted by Crippen LogP contribution is -2.47. The number of morpholine rings is 1. The Balaban J connectivity index is 2.27. The zero-order valence-electron chi connectivity index (χ0n) is 10.9. The predicted octanol–water partition coefficient (Wildman–Crippen LogP) is 1.68. The van der Waals surface area contributed by atoms with Crippen LogP contribution in [0.2, 0.25) is 0 Å². The summed E-state index contributed by atoms with van der Waals surface area (Å²) in [5.41, 5.74) is -2.11. The smallest absolute Gasteiger partial charge is 0.394 e. The van der Waals surface area contributed by atoms with Gasteiger partial charge in [-0.05, 0) is 12.1 Å². The summed E-state index contributed by atoms with van der Waals surface area (Å²) in [5, 5.41) is 8.98. The van der Waals surface area contributed by atoms with Gasteiger partial charge in [-0.15, -0.1) is 0 Å². The van der Waals surface area contributed by atoms with E-state index in [2.05, 4.69) is 0 Å². The number of rotatable bonds is 2. The third kappa shape index (κ3) is 3.33. The van der Waals surface area contributed by atoms with Crippen LogP contribution in [-0.2, 0) is 10.9 Å². The number of aliphatic hydroxyl groups excluding tert-OH is 1. The predicted molar refractivity (Wildman–Crippen MR) is 64.1 cm³/mol. The Morgan fingerprint density at radius 1 is 1.43 bits per heavy atom. The highest BCUT2D eigenvalue weighted by Gasteiger charge is 2.36. The molecule has 1 N–H and O–H groups in total. The van der Waals surface area contributed by atoms with E-state index in [-0.39, 0.29) is 26.3 Å². The van der Waals surface area contributed by atoms with E-state index in [1.54, 1.807) is 0 Å². The van der Waals surface area contributed by atoms with E-state index in [0.717, 1.165) is 12.1 Å². The number of carbonyl (C=O) groups excluding carboxylic acids is 1. The SMILES string of the molecule is O=C(c1cccc(C(F)(F)F)c1F)N1CCOC(CO)C1. The van der Waals surface area contributed by atoms with Crippen LogP contribution < -0.4 is 0 Å². The molecule has 1 unspecified atom stereocenters. The maximum absolute atomic E-state index is 13.9. The van der Waals surface area contributed by atoms with Gasteiger partial charge in [0.15, 0.2) is 0 Å². The van der Waals surface area contributed by atoms with Gasteiger partial charge in [0.2, 0.25) is 0 Å². The molecule has 0 aromatic heterocycles. The van der Waals surface area contributed by atoms with Gasteiger partial charge in [-0.3, -0.25) is 4.79 Å². The lowest BCUT2D eigenvalue weighted by Gasteiger charge is -2.32. The third-order valence-electron chi connectivity index (χ3n) is 3.16. The standard InChI is InChI=1S/C13H13F4NO3/c14-11-9(2-1-3-10(11)13(15,16)17)12(20)18-4-5-21-8(6-18)7-19/h1-3,8,19H,4-7H2. The Kier molecular flexibility index (Phi) is 4.48. The van der Waals surface area contributed by atoms with Crippen molar-refractivity contribution < 1.29 is 32.2 Å². The molecule has 21 heavy (non-hydrogen) atoms. The molecular weight excluding hydrogens is 294 g/mol. The summed E-state index contributed by atoms with van der Waals surface area (Å²) >= 11 is 0. The van der Waals surface area contributed by atoms with Crippen LogP contribution in [0.4, 0.5) is 17.6 Å². The van der Waals surface area contributed by atoms with E-state index in [4.69, 9.17) is 9.84 Å². The summed E-state index contributed by atoms with van der Waals surface area (Å²) in [6.07, 6.45) is -5.48. The van der Waals surface area contributed by atoms with Gasteiger partial charge in [0.25, 0.3) is 5.91 Å². The summed E-state index contributed by atoms with van der Waals surface area (Å²) in [7, 11) is 0. The van der Waals surface area contributed by atoms with Gasteiger partial charge in [-0.25, -0.2) is 4.39 Å². The molecule has 1 saturated heterocycles. The zero-order chi connectivity index (χ0) is 15.6. The first-order valence-electron chi connectivity index (χ1n) is 6.22. The number of hydrogen-bond acceptors (Lipinski definition) is 3. The minimum atomic E-state index is -4.86. The van der Waals surface area contributed by atoms with Gasteiger partial charge in [-0.1, -0.05) is 6.07 Å². The minimum Gasteiger partial charge on any atom is -0.394 e. The largest absolute Gasteiger partial charge is 0.419 e. The molecule has 1 heterocycles. The fourth-order valence-electron chi connectivity index (χ4n) is 2.10. The minimum absolute atomic E-state index is 0.00498. The van der Waals surface area contributed by atoms with E-state index in [1.165, 1.54) is 4.90 Å². The van der Waals surface area contributed by atoms with Crippen molar-refractivity contribution in [1.29, 1.82) is 0 Å². The molecule has 116 valence electrons. The monoisotopic (exact) mass is 307 g/mol. The lowest BCUT2D eigenvalue weighted by atomic mass is 10.1. The molecule has 1 fully saturated rings. The highest BCUT2D eigenvalue weighted by atomic mass is 19.4. The molecule has 0 spiro atoms. The molecule has 1 aromatic rings. The van der Waals surface area contributed by atoms with Crippen LogP contribution in [0.25, 0.3) is 0 Å². The van der Waals surface area contributed by atoms with Crippen LogP contribution in [0.3, 0.4) is 0 Å². The van der Waals surface area contributed by atoms with Crippen molar-refractivity contribution in [2.24, 2.45) is 0 Å². The molecule has 1 aliphatic heterocycles. The van der Waals surface area contributed by atoms with E-state index in [1.807, 2.05) is 0 Å². The second kappa shape index (κ2) is 5.98. The number of ether oxygens (including phenoxy) is 1. The first kappa shape index (κ1) is 15.7. The van der Waals surface area contributed by atoms with E-state index >= 15 is 0 Å². The molecule has 2 rings (SSSR count). The zero-order valence-corrected chi connectivity index (χ0v) is 10.9. The van der Waals surface area contributed by atoms with Gasteiger partial charge in [0.05, 0.1) is 30.4 Å². The highest BCUT2D eigenvalue weighted by Crippen LogP contribution is 2.32. The fourth-order valence-corrected chi connectivity index (χ4v) is 2.10. The quantitative estimate of drug-likeness (QED) is 0.846. The van der Waals surface area contributed by atoms with Crippen LogP contribution in [0, 0.1) is 5.82 Å². The number of aliphatic hydroxyl groups is 1. The highest BCUT2D eigenvalue weighted by molar-refractivity contribution is 5.94. The van der Waals surface area contributed by atoms with Crippen molar-refractivity contribution in [3.05, 3.63) is 35.1 Å². The molecule has 1 aromatic carbocycles. The number of amides is 1. The number of benzene rings is 1. The van der Waals surface area contributed by atoms with Crippen LogP contribution in [0.15, 0.2) is 18.2 Å². The summed E-state index contributed by atoms with van der Waals surface area (Å²) < 4.78 is 56.9. The maximum Gasteiger partial charge on any atom is 0.419 e. The van der Waals surface area contributed by atoms with Crippen LogP contribution >= 0.6 is 0 Å². The molecule has 0 saturated carbocycles. The molecule has 0 bridgehead atoms. The number of carbonyl (C=O) groups is 1. The van der Waals surface area contributed by atoms with Crippen LogP contribution in [-0.4, -0.2) is 48.3 Å². The molecule has 4 nitrogen and oxygen atoms in total. The molecule has 1 amide bonds. The average Bonchev–Trinajstić information content (AvgIpc) is 2.45. The van der Waals surface area contributed by atoms with Crippen molar-refractivity contribution in [2.75, 3.05) is 26.3 Å². The van der Waals surface area contributed by atoms with Gasteiger partial charge in [0.1, 0.15) is 5.82 Å². The maximum atomic E-state index is 13.9. The number of nitrogens with zero attached hydrogens (tertiary/aromatic N) is 1. The molecule has 0 aliphatic carbocycles. The van der Waals surface area contributed by atoms with E-state index in [9.17, 15) is 22.4 Å². The molecule has 0 radical (unpaired) electrons. The van der Waals surface area contributed by atoms with E-state index < -0.39 is 35.1 Å². The third-order valence-corrected chi connectivity index (χ3v) is 3.16. The van der Waals surface area contributed by atoms with Crippen molar-refractivity contribution in [1.82, 2.24) is 4.90 Å². The second-order valence-electron chi connectivity index (χ2n) is 4.59. The number of alkyl halides is 3. The van der Waals surface area contributed by atoms with Crippen molar-refractivity contribution in [3.63, 3.8) is 0 Å². The Morgan fingerprint density at radius 3 is 2.76 bits per heavy atom.